The number of aromatic nitrogens is 3. The Morgan fingerprint density at radius 1 is 1.04 bits per heavy atom. The highest BCUT2D eigenvalue weighted by Crippen LogP contribution is 2.10. The number of halogens is 1. The van der Waals surface area contributed by atoms with Crippen molar-refractivity contribution in [3.8, 4) is 0 Å². The number of nitrogens with one attached hydrogen (secondary N) is 2. The van der Waals surface area contributed by atoms with Crippen LogP contribution in [0.2, 0.25) is 5.02 Å². The molecule has 7 heteroatoms. The zero-order valence-corrected chi connectivity index (χ0v) is 15.1. The molecule has 128 valence electrons. The van der Waals surface area contributed by atoms with Gasteiger partial charge < -0.3 is 5.32 Å². The first-order chi connectivity index (χ1) is 12.2. The first kappa shape index (κ1) is 17.4. The van der Waals surface area contributed by atoms with Crippen molar-refractivity contribution in [1.82, 2.24) is 20.1 Å². The summed E-state index contributed by atoms with van der Waals surface area (Å²) in [5.41, 5.74) is 2.37. The van der Waals surface area contributed by atoms with Crippen LogP contribution >= 0.6 is 23.8 Å². The molecule has 5 nitrogen and oxygen atoms in total. The summed E-state index contributed by atoms with van der Waals surface area (Å²) in [7, 11) is 0. The van der Waals surface area contributed by atoms with E-state index in [1.807, 2.05) is 42.5 Å². The summed E-state index contributed by atoms with van der Waals surface area (Å²) in [4.78, 5) is 4.22. The highest BCUT2D eigenvalue weighted by molar-refractivity contribution is 7.80. The van der Waals surface area contributed by atoms with Crippen molar-refractivity contribution >= 4 is 34.9 Å². The molecule has 0 atom stereocenters. The average Bonchev–Trinajstić information content (AvgIpc) is 3.05. The molecule has 0 bridgehead atoms. The minimum absolute atomic E-state index is 0.478. The van der Waals surface area contributed by atoms with Gasteiger partial charge in [-0.05, 0) is 41.9 Å². The SMILES string of the molecule is S=C(NCCc1ccccc1)Nc1ncn(Cc2ccc(Cl)cc2)n1. The van der Waals surface area contributed by atoms with Crippen LogP contribution in [0.3, 0.4) is 0 Å². The fourth-order valence-corrected chi connectivity index (χ4v) is 2.64. The lowest BCUT2D eigenvalue weighted by atomic mass is 10.1. The standard InChI is InChI=1S/C18H18ClN5S/c19-16-8-6-15(7-9-16)12-24-13-21-17(23-24)22-18(25)20-11-10-14-4-2-1-3-5-14/h1-9,13H,10-12H2,(H2,20,22,23,25). The number of hydrogen-bond donors (Lipinski definition) is 2. The van der Waals surface area contributed by atoms with E-state index in [1.54, 1.807) is 11.0 Å². The summed E-state index contributed by atoms with van der Waals surface area (Å²) in [6.45, 7) is 1.38. The Morgan fingerprint density at radius 3 is 2.56 bits per heavy atom. The largest absolute Gasteiger partial charge is 0.362 e. The highest BCUT2D eigenvalue weighted by Gasteiger charge is 2.04. The van der Waals surface area contributed by atoms with Crippen molar-refractivity contribution in [3.05, 3.63) is 77.1 Å². The van der Waals surface area contributed by atoms with E-state index >= 15 is 0 Å². The topological polar surface area (TPSA) is 54.8 Å². The minimum Gasteiger partial charge on any atom is -0.362 e. The molecule has 0 unspecified atom stereocenters. The van der Waals surface area contributed by atoms with Crippen LogP contribution in [0.25, 0.3) is 0 Å². The summed E-state index contributed by atoms with van der Waals surface area (Å²) in [6, 6.07) is 17.9. The molecule has 2 aromatic carbocycles. The van der Waals surface area contributed by atoms with Crippen molar-refractivity contribution in [1.29, 1.82) is 0 Å². The first-order valence-corrected chi connectivity index (χ1v) is 8.70. The molecule has 3 aromatic rings. The third-order valence-electron chi connectivity index (χ3n) is 3.56. The van der Waals surface area contributed by atoms with Gasteiger partial charge in [-0.15, -0.1) is 5.10 Å². The van der Waals surface area contributed by atoms with Crippen LogP contribution in [0, 0.1) is 0 Å². The number of benzene rings is 2. The van der Waals surface area contributed by atoms with Crippen LogP contribution in [0.15, 0.2) is 60.9 Å². The second-order valence-electron chi connectivity index (χ2n) is 5.51. The van der Waals surface area contributed by atoms with Gasteiger partial charge >= 0.3 is 0 Å². The maximum Gasteiger partial charge on any atom is 0.248 e. The Morgan fingerprint density at radius 2 is 1.80 bits per heavy atom. The Bertz CT molecular complexity index is 817. The summed E-state index contributed by atoms with van der Waals surface area (Å²) in [5, 5.41) is 11.8. The predicted molar refractivity (Wildman–Crippen MR) is 105 cm³/mol. The van der Waals surface area contributed by atoms with Crippen molar-refractivity contribution in [2.24, 2.45) is 0 Å². The molecule has 1 heterocycles. The van der Waals surface area contributed by atoms with Gasteiger partial charge in [0.15, 0.2) is 5.11 Å². The van der Waals surface area contributed by atoms with Crippen LogP contribution in [0.4, 0.5) is 5.95 Å². The molecule has 0 aliphatic heterocycles. The van der Waals surface area contributed by atoms with E-state index in [9.17, 15) is 0 Å². The second kappa shape index (κ2) is 8.60. The molecule has 3 rings (SSSR count). The van der Waals surface area contributed by atoms with E-state index in [0.29, 0.717) is 17.6 Å². The lowest BCUT2D eigenvalue weighted by molar-refractivity contribution is 0.687. The van der Waals surface area contributed by atoms with E-state index < -0.39 is 0 Å². The van der Waals surface area contributed by atoms with Crippen LogP contribution in [0.5, 0.6) is 0 Å². The Kier molecular flexibility index (Phi) is 5.98. The third kappa shape index (κ3) is 5.55. The molecule has 0 aliphatic rings. The molecular formula is C18H18ClN5S. The van der Waals surface area contributed by atoms with Crippen LogP contribution in [0.1, 0.15) is 11.1 Å². The maximum atomic E-state index is 5.89. The minimum atomic E-state index is 0.478. The van der Waals surface area contributed by atoms with E-state index in [1.165, 1.54) is 5.56 Å². The fourth-order valence-electron chi connectivity index (χ4n) is 2.32. The van der Waals surface area contributed by atoms with Crippen molar-refractivity contribution in [3.63, 3.8) is 0 Å². The van der Waals surface area contributed by atoms with Gasteiger partial charge in [0.25, 0.3) is 0 Å². The molecule has 25 heavy (non-hydrogen) atoms. The number of nitrogens with zero attached hydrogens (tertiary/aromatic N) is 3. The Hall–Kier alpha value is -2.44. The van der Waals surface area contributed by atoms with Gasteiger partial charge in [0.2, 0.25) is 5.95 Å². The Balaban J connectivity index is 1.45. The van der Waals surface area contributed by atoms with E-state index in [-0.39, 0.29) is 0 Å². The van der Waals surface area contributed by atoms with Gasteiger partial charge in [0.1, 0.15) is 6.33 Å². The second-order valence-corrected chi connectivity index (χ2v) is 6.35. The molecule has 0 aliphatic carbocycles. The van der Waals surface area contributed by atoms with Crippen molar-refractivity contribution in [2.75, 3.05) is 11.9 Å². The van der Waals surface area contributed by atoms with Crippen LogP contribution in [-0.2, 0) is 13.0 Å². The van der Waals surface area contributed by atoms with Crippen molar-refractivity contribution in [2.45, 2.75) is 13.0 Å². The molecule has 1 aromatic heterocycles. The van der Waals surface area contributed by atoms with Gasteiger partial charge in [-0.2, -0.15) is 0 Å². The van der Waals surface area contributed by atoms with E-state index in [4.69, 9.17) is 23.8 Å². The molecule has 0 fully saturated rings. The maximum absolute atomic E-state index is 5.89. The molecule has 2 N–H and O–H groups in total. The predicted octanol–water partition coefficient (Wildman–Crippen LogP) is 3.51. The van der Waals surface area contributed by atoms with E-state index in [2.05, 4.69) is 32.8 Å². The van der Waals surface area contributed by atoms with Gasteiger partial charge in [-0.1, -0.05) is 54.1 Å². The van der Waals surface area contributed by atoms with Crippen molar-refractivity contribution < 1.29 is 0 Å². The molecular weight excluding hydrogens is 354 g/mol. The van der Waals surface area contributed by atoms with Gasteiger partial charge in [0, 0.05) is 11.6 Å². The smallest absolute Gasteiger partial charge is 0.248 e. The van der Waals surface area contributed by atoms with Gasteiger partial charge in [-0.25, -0.2) is 9.67 Å². The van der Waals surface area contributed by atoms with E-state index in [0.717, 1.165) is 23.6 Å². The summed E-state index contributed by atoms with van der Waals surface area (Å²) >= 11 is 11.2. The zero-order valence-electron chi connectivity index (χ0n) is 13.5. The number of thiocarbonyl (C=S) groups is 1. The van der Waals surface area contributed by atoms with Gasteiger partial charge in [-0.3, -0.25) is 5.32 Å². The summed E-state index contributed by atoms with van der Waals surface area (Å²) < 4.78 is 1.75. The zero-order chi connectivity index (χ0) is 17.5. The summed E-state index contributed by atoms with van der Waals surface area (Å²) in [6.07, 6.45) is 2.57. The number of rotatable bonds is 6. The molecule has 0 spiro atoms. The third-order valence-corrected chi connectivity index (χ3v) is 4.06. The fraction of sp³-hybridized carbons (Fsp3) is 0.167. The number of anilines is 1. The Labute approximate surface area is 157 Å². The lowest BCUT2D eigenvalue weighted by Crippen LogP contribution is -2.30. The van der Waals surface area contributed by atoms with Crippen LogP contribution in [-0.4, -0.2) is 26.4 Å². The quantitative estimate of drug-likeness (QED) is 0.649. The summed E-state index contributed by atoms with van der Waals surface area (Å²) in [5.74, 6) is 0.478. The average molecular weight is 372 g/mol. The molecule has 0 radical (unpaired) electrons. The molecule has 0 saturated heterocycles. The monoisotopic (exact) mass is 371 g/mol. The van der Waals surface area contributed by atoms with Crippen LogP contribution < -0.4 is 10.6 Å². The first-order valence-electron chi connectivity index (χ1n) is 7.92. The number of hydrogen-bond acceptors (Lipinski definition) is 3. The normalized spacial score (nSPS) is 10.4. The molecule has 0 saturated carbocycles. The van der Waals surface area contributed by atoms with Gasteiger partial charge in [0.05, 0.1) is 6.54 Å². The molecule has 0 amide bonds. The highest BCUT2D eigenvalue weighted by atomic mass is 35.5. The lowest BCUT2D eigenvalue weighted by Gasteiger charge is -2.07.